The number of rotatable bonds is 3. The topological polar surface area (TPSA) is 0 Å². The Kier molecular flexibility index (Phi) is 5.45. The van der Waals surface area contributed by atoms with Crippen LogP contribution in [0.25, 0.3) is 21.9 Å². The van der Waals surface area contributed by atoms with Gasteiger partial charge < -0.3 is 0 Å². The van der Waals surface area contributed by atoms with Crippen molar-refractivity contribution in [3.8, 4) is 11.1 Å². The van der Waals surface area contributed by atoms with Gasteiger partial charge in [-0.25, -0.2) is 0 Å². The fourth-order valence-corrected chi connectivity index (χ4v) is 4.23. The minimum Gasteiger partial charge on any atom is -0.0616 e. The largest absolute Gasteiger partial charge is 0.0616 e. The van der Waals surface area contributed by atoms with E-state index in [2.05, 4.69) is 104 Å². The van der Waals surface area contributed by atoms with E-state index >= 15 is 0 Å². The van der Waals surface area contributed by atoms with Gasteiger partial charge in [-0.3, -0.25) is 0 Å². The zero-order valence-corrected chi connectivity index (χ0v) is 19.0. The lowest BCUT2D eigenvalue weighted by Crippen LogP contribution is -2.19. The van der Waals surface area contributed by atoms with Crippen molar-refractivity contribution >= 4 is 10.8 Å². The van der Waals surface area contributed by atoms with Gasteiger partial charge in [0, 0.05) is 0 Å². The fourth-order valence-electron chi connectivity index (χ4n) is 4.23. The highest BCUT2D eigenvalue weighted by atomic mass is 14.3. The van der Waals surface area contributed by atoms with Crippen molar-refractivity contribution in [1.82, 2.24) is 0 Å². The van der Waals surface area contributed by atoms with Gasteiger partial charge in [0.15, 0.2) is 0 Å². The molecule has 0 spiro atoms. The SMILES string of the molecule is CCc1cc2ccccc2cc1-c1cc(C(C)(C)C)cc(C(C)(C)C)c1CC. The zero-order chi connectivity index (χ0) is 20.7. The van der Waals surface area contributed by atoms with E-state index in [4.69, 9.17) is 0 Å². The van der Waals surface area contributed by atoms with Crippen LogP contribution in [0.3, 0.4) is 0 Å². The summed E-state index contributed by atoms with van der Waals surface area (Å²) in [6, 6.07) is 18.5. The van der Waals surface area contributed by atoms with Crippen molar-refractivity contribution in [2.24, 2.45) is 0 Å². The first kappa shape index (κ1) is 20.6. The summed E-state index contributed by atoms with van der Waals surface area (Å²) in [5, 5.41) is 2.67. The Morgan fingerprint density at radius 1 is 0.643 bits per heavy atom. The van der Waals surface area contributed by atoms with Crippen LogP contribution in [0, 0.1) is 0 Å². The highest BCUT2D eigenvalue weighted by Gasteiger charge is 2.25. The van der Waals surface area contributed by atoms with Crippen LogP contribution in [0.15, 0.2) is 48.5 Å². The Morgan fingerprint density at radius 3 is 1.75 bits per heavy atom. The van der Waals surface area contributed by atoms with Crippen molar-refractivity contribution in [2.75, 3.05) is 0 Å². The molecule has 0 amide bonds. The normalized spacial score (nSPS) is 12.6. The zero-order valence-electron chi connectivity index (χ0n) is 19.0. The number of hydrogen-bond acceptors (Lipinski definition) is 0. The third-order valence-electron chi connectivity index (χ3n) is 5.92. The predicted octanol–water partition coefficient (Wildman–Crippen LogP) is 8.23. The standard InChI is InChI=1S/C28H36/c1-9-19-15-20-13-11-12-14-21(20)16-24(19)25-17-22(27(3,4)5)18-26(23(25)10-2)28(6,7)8/h11-18H,9-10H2,1-8H3. The molecule has 148 valence electrons. The van der Waals surface area contributed by atoms with E-state index in [0.29, 0.717) is 0 Å². The van der Waals surface area contributed by atoms with Crippen molar-refractivity contribution in [2.45, 2.75) is 79.1 Å². The molecule has 28 heavy (non-hydrogen) atoms. The third kappa shape index (κ3) is 3.88. The number of aryl methyl sites for hydroxylation is 1. The molecule has 0 aliphatic heterocycles. The van der Waals surface area contributed by atoms with Crippen LogP contribution in [0.5, 0.6) is 0 Å². The van der Waals surface area contributed by atoms with Crippen LogP contribution in [0.4, 0.5) is 0 Å². The quantitative estimate of drug-likeness (QED) is 0.434. The summed E-state index contributed by atoms with van der Waals surface area (Å²) in [5.41, 5.74) is 8.98. The Morgan fingerprint density at radius 2 is 1.25 bits per heavy atom. The highest BCUT2D eigenvalue weighted by Crippen LogP contribution is 2.40. The highest BCUT2D eigenvalue weighted by molar-refractivity contribution is 5.90. The smallest absolute Gasteiger partial charge is 0.0129 e. The Bertz CT molecular complexity index is 991. The molecule has 3 aromatic carbocycles. The number of benzene rings is 3. The molecule has 0 saturated heterocycles. The van der Waals surface area contributed by atoms with E-state index in [1.165, 1.54) is 44.2 Å². The first-order valence-electron chi connectivity index (χ1n) is 10.8. The maximum absolute atomic E-state index is 2.47. The summed E-state index contributed by atoms with van der Waals surface area (Å²) in [7, 11) is 0. The average Bonchev–Trinajstić information content (AvgIpc) is 2.64. The molecule has 0 heteroatoms. The fraction of sp³-hybridized carbons (Fsp3) is 0.429. The molecule has 0 heterocycles. The molecular formula is C28H36. The second-order valence-corrected chi connectivity index (χ2v) is 10.1. The molecule has 0 aliphatic carbocycles. The van der Waals surface area contributed by atoms with E-state index in [-0.39, 0.29) is 10.8 Å². The second kappa shape index (κ2) is 7.39. The summed E-state index contributed by atoms with van der Waals surface area (Å²) >= 11 is 0. The van der Waals surface area contributed by atoms with E-state index in [9.17, 15) is 0 Å². The van der Waals surface area contributed by atoms with Crippen LogP contribution in [0.2, 0.25) is 0 Å². The molecule has 0 N–H and O–H groups in total. The molecule has 0 saturated carbocycles. The number of hydrogen-bond donors (Lipinski definition) is 0. The average molecular weight is 373 g/mol. The van der Waals surface area contributed by atoms with Gasteiger partial charge in [0.25, 0.3) is 0 Å². The first-order chi connectivity index (χ1) is 13.1. The van der Waals surface area contributed by atoms with Crippen LogP contribution in [0.1, 0.15) is 77.6 Å². The van der Waals surface area contributed by atoms with Crippen molar-refractivity contribution < 1.29 is 0 Å². The van der Waals surface area contributed by atoms with Gasteiger partial charge in [0.05, 0.1) is 0 Å². The third-order valence-corrected chi connectivity index (χ3v) is 5.92. The molecule has 0 unspecified atom stereocenters. The lowest BCUT2D eigenvalue weighted by atomic mass is 9.74. The molecule has 0 aromatic heterocycles. The molecule has 0 radical (unpaired) electrons. The lowest BCUT2D eigenvalue weighted by molar-refractivity contribution is 0.564. The Hall–Kier alpha value is -2.08. The molecule has 0 atom stereocenters. The van der Waals surface area contributed by atoms with Gasteiger partial charge in [-0.2, -0.15) is 0 Å². The summed E-state index contributed by atoms with van der Waals surface area (Å²) < 4.78 is 0. The predicted molar refractivity (Wildman–Crippen MR) is 126 cm³/mol. The molecule has 0 fully saturated rings. The van der Waals surface area contributed by atoms with Gasteiger partial charge in [-0.1, -0.05) is 97.9 Å². The van der Waals surface area contributed by atoms with Gasteiger partial charge in [0.1, 0.15) is 0 Å². The summed E-state index contributed by atoms with van der Waals surface area (Å²) in [4.78, 5) is 0. The monoisotopic (exact) mass is 372 g/mol. The van der Waals surface area contributed by atoms with Gasteiger partial charge in [-0.05, 0) is 73.9 Å². The minimum absolute atomic E-state index is 0.129. The van der Waals surface area contributed by atoms with Crippen molar-refractivity contribution in [1.29, 1.82) is 0 Å². The molecule has 3 aromatic rings. The molecular weight excluding hydrogens is 336 g/mol. The van der Waals surface area contributed by atoms with Crippen LogP contribution >= 0.6 is 0 Å². The summed E-state index contributed by atoms with van der Waals surface area (Å²) in [6.45, 7) is 18.6. The maximum Gasteiger partial charge on any atom is -0.0129 e. The second-order valence-electron chi connectivity index (χ2n) is 10.1. The van der Waals surface area contributed by atoms with Crippen molar-refractivity contribution in [3.63, 3.8) is 0 Å². The van der Waals surface area contributed by atoms with Crippen LogP contribution < -0.4 is 0 Å². The summed E-state index contributed by atoms with van der Waals surface area (Å²) in [6.07, 6.45) is 2.11. The first-order valence-corrected chi connectivity index (χ1v) is 10.8. The van der Waals surface area contributed by atoms with Gasteiger partial charge in [0.2, 0.25) is 0 Å². The molecule has 0 aliphatic rings. The lowest BCUT2D eigenvalue weighted by Gasteiger charge is -2.30. The Balaban J connectivity index is 2.42. The van der Waals surface area contributed by atoms with Crippen LogP contribution in [-0.4, -0.2) is 0 Å². The Labute approximate surface area is 172 Å². The molecule has 3 rings (SSSR count). The van der Waals surface area contributed by atoms with E-state index < -0.39 is 0 Å². The maximum atomic E-state index is 2.47. The van der Waals surface area contributed by atoms with E-state index in [0.717, 1.165) is 12.8 Å². The van der Waals surface area contributed by atoms with Gasteiger partial charge in [-0.15, -0.1) is 0 Å². The van der Waals surface area contributed by atoms with E-state index in [1.807, 2.05) is 0 Å². The van der Waals surface area contributed by atoms with Crippen LogP contribution in [-0.2, 0) is 23.7 Å². The minimum atomic E-state index is 0.129. The van der Waals surface area contributed by atoms with Gasteiger partial charge >= 0.3 is 0 Å². The molecule has 0 nitrogen and oxygen atoms in total. The summed E-state index contributed by atoms with van der Waals surface area (Å²) in [5.74, 6) is 0. The number of fused-ring (bicyclic) bond motifs is 1. The van der Waals surface area contributed by atoms with Crippen molar-refractivity contribution in [3.05, 3.63) is 70.8 Å². The molecule has 0 bridgehead atoms. The van der Waals surface area contributed by atoms with E-state index in [1.54, 1.807) is 0 Å².